The molecule has 1 spiro atoms. The summed E-state index contributed by atoms with van der Waals surface area (Å²) in [5.74, 6) is 0.891. The Morgan fingerprint density at radius 1 is 1.41 bits per heavy atom. The van der Waals surface area contributed by atoms with E-state index >= 15 is 0 Å². The number of methoxy groups -OCH3 is 1. The minimum absolute atomic E-state index is 0.0366. The average Bonchev–Trinajstić information content (AvgIpc) is 3.01. The van der Waals surface area contributed by atoms with E-state index in [-0.39, 0.29) is 28.8 Å². The number of nitrogens with one attached hydrogen (secondary N) is 1. The van der Waals surface area contributed by atoms with E-state index in [9.17, 15) is 5.11 Å². The molecule has 5 atom stereocenters. The fourth-order valence-corrected chi connectivity index (χ4v) is 5.83. The normalized spacial score (nSPS) is 36.2. The summed E-state index contributed by atoms with van der Waals surface area (Å²) in [7, 11) is 1.77. The van der Waals surface area contributed by atoms with E-state index in [1.54, 1.807) is 13.2 Å². The molecule has 5 heteroatoms. The second kappa shape index (κ2) is 7.28. The van der Waals surface area contributed by atoms with E-state index in [0.717, 1.165) is 32.1 Å². The molecule has 148 valence electrons. The summed E-state index contributed by atoms with van der Waals surface area (Å²) >= 11 is 0. The smallest absolute Gasteiger partial charge is 0.165 e. The Hall–Kier alpha value is -1.85. The van der Waals surface area contributed by atoms with Crippen molar-refractivity contribution >= 4 is 6.29 Å². The first-order valence-corrected chi connectivity index (χ1v) is 9.72. The molecule has 0 radical (unpaired) electrons. The minimum Gasteiger partial charge on any atom is -0.504 e. The largest absolute Gasteiger partial charge is 0.504 e. The summed E-state index contributed by atoms with van der Waals surface area (Å²) in [6.45, 7) is 11.0. The van der Waals surface area contributed by atoms with E-state index in [0.29, 0.717) is 11.8 Å². The van der Waals surface area contributed by atoms with Gasteiger partial charge >= 0.3 is 0 Å². The van der Waals surface area contributed by atoms with Crippen LogP contribution in [0.2, 0.25) is 0 Å². The first kappa shape index (κ1) is 19.9. The number of aldehydes is 1. The molecule has 3 unspecified atom stereocenters. The number of carbonyl (C=O) groups excluding carboxylic acids is 1. The van der Waals surface area contributed by atoms with Gasteiger partial charge in [0.25, 0.3) is 0 Å². The number of aromatic hydroxyl groups is 1. The van der Waals surface area contributed by atoms with Gasteiger partial charge in [-0.05, 0) is 58.2 Å². The molecule has 1 saturated heterocycles. The van der Waals surface area contributed by atoms with Gasteiger partial charge in [0.2, 0.25) is 0 Å². The zero-order chi connectivity index (χ0) is 19.8. The number of hydrogen-bond acceptors (Lipinski definition) is 5. The number of benzene rings is 1. The molecule has 2 aliphatic heterocycles. The summed E-state index contributed by atoms with van der Waals surface area (Å²) in [6, 6.07) is 4.05. The third-order valence-electron chi connectivity index (χ3n) is 6.94. The maximum absolute atomic E-state index is 10.5. The highest BCUT2D eigenvalue weighted by atomic mass is 16.5. The van der Waals surface area contributed by atoms with E-state index in [1.165, 1.54) is 18.1 Å². The number of piperidine rings is 1. The van der Waals surface area contributed by atoms with Gasteiger partial charge in [-0.25, -0.2) is 0 Å². The number of carbonyl (C=O) groups is 1. The van der Waals surface area contributed by atoms with Crippen LogP contribution < -0.4 is 10.1 Å². The first-order valence-electron chi connectivity index (χ1n) is 9.72. The predicted molar refractivity (Wildman–Crippen MR) is 105 cm³/mol. The van der Waals surface area contributed by atoms with Gasteiger partial charge in [0.15, 0.2) is 11.5 Å². The molecule has 5 nitrogen and oxygen atoms in total. The Balaban J connectivity index is 0.000000659. The van der Waals surface area contributed by atoms with Gasteiger partial charge in [0.05, 0.1) is 11.5 Å². The Morgan fingerprint density at radius 2 is 2.11 bits per heavy atom. The molecule has 27 heavy (non-hydrogen) atoms. The highest BCUT2D eigenvalue weighted by Crippen LogP contribution is 2.65. The number of aryl methyl sites for hydroxylation is 1. The summed E-state index contributed by atoms with van der Waals surface area (Å²) in [6.07, 6.45) is 5.76. The van der Waals surface area contributed by atoms with Gasteiger partial charge in [0.1, 0.15) is 12.4 Å². The lowest BCUT2D eigenvalue weighted by atomic mass is 9.46. The van der Waals surface area contributed by atoms with Crippen molar-refractivity contribution in [1.82, 2.24) is 5.32 Å². The van der Waals surface area contributed by atoms with Gasteiger partial charge in [0, 0.05) is 24.1 Å². The van der Waals surface area contributed by atoms with Crippen LogP contribution >= 0.6 is 0 Å². The summed E-state index contributed by atoms with van der Waals surface area (Å²) in [5.41, 5.74) is 2.05. The number of hydrogen-bond donors (Lipinski definition) is 2. The maximum Gasteiger partial charge on any atom is 0.165 e. The van der Waals surface area contributed by atoms with Gasteiger partial charge < -0.3 is 24.7 Å². The van der Waals surface area contributed by atoms with Crippen LogP contribution in [0, 0.1) is 12.3 Å². The van der Waals surface area contributed by atoms with Crippen molar-refractivity contribution in [2.24, 2.45) is 5.41 Å². The molecule has 0 amide bonds. The predicted octanol–water partition coefficient (Wildman–Crippen LogP) is 3.27. The number of phenolic OH excluding ortho intramolecular Hbond substituents is 1. The lowest BCUT2D eigenvalue weighted by Crippen LogP contribution is -2.69. The van der Waals surface area contributed by atoms with Crippen LogP contribution in [0.15, 0.2) is 24.8 Å². The highest BCUT2D eigenvalue weighted by Gasteiger charge is 2.68. The van der Waals surface area contributed by atoms with Gasteiger partial charge in [-0.2, -0.15) is 0 Å². The molecule has 0 bridgehead atoms. The number of rotatable bonds is 2. The van der Waals surface area contributed by atoms with Crippen LogP contribution in [0.5, 0.6) is 11.5 Å². The summed E-state index contributed by atoms with van der Waals surface area (Å²) in [4.78, 5) is 8.81. The van der Waals surface area contributed by atoms with Gasteiger partial charge in [-0.15, -0.1) is 6.58 Å². The van der Waals surface area contributed by atoms with Gasteiger partial charge in [-0.3, -0.25) is 0 Å². The fourth-order valence-electron chi connectivity index (χ4n) is 5.83. The van der Waals surface area contributed by atoms with E-state index in [2.05, 4.69) is 31.8 Å². The number of ether oxygens (including phenoxy) is 2. The second-order valence-electron chi connectivity index (χ2n) is 7.83. The van der Waals surface area contributed by atoms with Crippen molar-refractivity contribution in [3.05, 3.63) is 35.9 Å². The average molecular weight is 373 g/mol. The minimum atomic E-state index is -0.198. The molecular formula is C22H31NO4. The quantitative estimate of drug-likeness (QED) is 0.615. The Bertz CT molecular complexity index is 733. The number of phenols is 1. The molecule has 0 aromatic heterocycles. The summed E-state index contributed by atoms with van der Waals surface area (Å²) in [5, 5.41) is 14.1. The fraction of sp³-hybridized carbons (Fsp3) is 0.591. The van der Waals surface area contributed by atoms with Crippen molar-refractivity contribution in [3.63, 3.8) is 0 Å². The Labute approximate surface area is 161 Å². The Morgan fingerprint density at radius 3 is 2.74 bits per heavy atom. The standard InChI is InChI=1S/C20H27NO3.C2H4O/c1-5-19-9-8-15(23-4)18-20(19,10-11-21-13(19)3)16-12(2)6-7-14(22)17(16)24-18;1-2-3/h5-7,13,15,18,21-22H,1,8-11H2,2-4H3;2H,1H3/t13?,15?,18-,19+,20?;/m0./s1. The zero-order valence-corrected chi connectivity index (χ0v) is 16.7. The van der Waals surface area contributed by atoms with E-state index < -0.39 is 0 Å². The third kappa shape index (κ3) is 2.55. The molecule has 2 fully saturated rings. The first-order chi connectivity index (χ1) is 12.9. The van der Waals surface area contributed by atoms with Crippen molar-refractivity contribution in [1.29, 1.82) is 0 Å². The van der Waals surface area contributed by atoms with Crippen LogP contribution in [0.1, 0.15) is 44.2 Å². The van der Waals surface area contributed by atoms with Crippen molar-refractivity contribution in [2.45, 2.75) is 63.7 Å². The molecule has 1 saturated carbocycles. The molecule has 4 rings (SSSR count). The third-order valence-corrected chi connectivity index (χ3v) is 6.94. The number of fused-ring (bicyclic) bond motifs is 1. The van der Waals surface area contributed by atoms with Crippen LogP contribution in [0.25, 0.3) is 0 Å². The maximum atomic E-state index is 10.5. The molecule has 1 aromatic rings. The van der Waals surface area contributed by atoms with Crippen LogP contribution in [0.3, 0.4) is 0 Å². The van der Waals surface area contributed by atoms with Crippen molar-refractivity contribution < 1.29 is 19.4 Å². The van der Waals surface area contributed by atoms with Crippen molar-refractivity contribution in [2.75, 3.05) is 13.7 Å². The lowest BCUT2D eigenvalue weighted by molar-refractivity contribution is -0.114. The van der Waals surface area contributed by atoms with E-state index in [4.69, 9.17) is 14.3 Å². The van der Waals surface area contributed by atoms with Crippen LogP contribution in [-0.2, 0) is 14.9 Å². The Kier molecular flexibility index (Phi) is 5.37. The monoisotopic (exact) mass is 373 g/mol. The topological polar surface area (TPSA) is 67.8 Å². The zero-order valence-electron chi connectivity index (χ0n) is 16.7. The molecule has 3 aliphatic rings. The molecule has 2 heterocycles. The van der Waals surface area contributed by atoms with Crippen molar-refractivity contribution in [3.8, 4) is 11.5 Å². The van der Waals surface area contributed by atoms with Crippen LogP contribution in [-0.4, -0.2) is 43.3 Å². The lowest BCUT2D eigenvalue weighted by Gasteiger charge is -2.60. The highest BCUT2D eigenvalue weighted by molar-refractivity contribution is 5.60. The van der Waals surface area contributed by atoms with Gasteiger partial charge in [-0.1, -0.05) is 12.1 Å². The van der Waals surface area contributed by atoms with Crippen LogP contribution in [0.4, 0.5) is 0 Å². The molecular weight excluding hydrogens is 342 g/mol. The molecule has 2 N–H and O–H groups in total. The van der Waals surface area contributed by atoms with E-state index in [1.807, 2.05) is 6.07 Å². The SMILES string of the molecule is C=C[C@]12CCC(OC)[C@@H]3Oc4c(O)ccc(C)c4C31CCNC2C.CC=O. The second-order valence-corrected chi connectivity index (χ2v) is 7.83. The summed E-state index contributed by atoms with van der Waals surface area (Å²) < 4.78 is 12.2. The molecule has 1 aliphatic carbocycles. The molecule has 1 aromatic carbocycles.